The monoisotopic (exact) mass is 378 g/mol. The maximum absolute atomic E-state index is 13.2. The molecule has 1 aromatic rings. The number of pyridine rings is 1. The summed E-state index contributed by atoms with van der Waals surface area (Å²) in [5, 5.41) is 0. The second kappa shape index (κ2) is 7.48. The molecular formula is C19H30N2O4Si. The molecule has 0 saturated carbocycles. The normalized spacial score (nSPS) is 17.7. The number of carbonyl (C=O) groups is 2. The number of hydrogen-bond donors (Lipinski definition) is 0. The maximum Gasteiger partial charge on any atom is 0.410 e. The lowest BCUT2D eigenvalue weighted by Crippen LogP contribution is -2.56. The Bertz CT molecular complexity index is 642. The molecule has 144 valence electrons. The largest absolute Gasteiger partial charge is 0.444 e. The first kappa shape index (κ1) is 20.6. The molecule has 7 heteroatoms. The van der Waals surface area contributed by atoms with Gasteiger partial charge in [-0.1, -0.05) is 0 Å². The van der Waals surface area contributed by atoms with Gasteiger partial charge in [0.05, 0.1) is 0 Å². The Kier molecular flexibility index (Phi) is 5.92. The van der Waals surface area contributed by atoms with Gasteiger partial charge in [-0.05, 0) is 52.5 Å². The molecule has 26 heavy (non-hydrogen) atoms. The van der Waals surface area contributed by atoms with Gasteiger partial charge < -0.3 is 14.1 Å². The second-order valence-electron chi connectivity index (χ2n) is 8.74. The highest BCUT2D eigenvalue weighted by Gasteiger charge is 2.46. The van der Waals surface area contributed by atoms with Crippen molar-refractivity contribution >= 4 is 20.2 Å². The fraction of sp³-hybridized carbons (Fsp3) is 0.632. The number of rotatable bonds is 4. The van der Waals surface area contributed by atoms with Crippen LogP contribution in [0.3, 0.4) is 0 Å². The number of hydrogen-bond acceptors (Lipinski definition) is 5. The molecule has 0 N–H and O–H groups in total. The minimum absolute atomic E-state index is 0.0221. The van der Waals surface area contributed by atoms with Crippen molar-refractivity contribution in [3.8, 4) is 0 Å². The van der Waals surface area contributed by atoms with E-state index in [0.29, 0.717) is 31.5 Å². The smallest absolute Gasteiger partial charge is 0.410 e. The van der Waals surface area contributed by atoms with E-state index in [9.17, 15) is 9.59 Å². The number of ketones is 1. The van der Waals surface area contributed by atoms with Crippen molar-refractivity contribution in [3.05, 3.63) is 30.1 Å². The number of piperidine rings is 1. The van der Waals surface area contributed by atoms with Crippen molar-refractivity contribution in [3.63, 3.8) is 0 Å². The van der Waals surface area contributed by atoms with Crippen molar-refractivity contribution < 1.29 is 18.8 Å². The van der Waals surface area contributed by atoms with Crippen molar-refractivity contribution in [1.82, 2.24) is 9.88 Å². The third-order valence-corrected chi connectivity index (χ3v) is 5.08. The summed E-state index contributed by atoms with van der Waals surface area (Å²) in [6.07, 6.45) is 3.83. The molecule has 1 fully saturated rings. The second-order valence-corrected chi connectivity index (χ2v) is 13.2. The summed E-state index contributed by atoms with van der Waals surface area (Å²) in [6, 6.07) is 3.44. The molecule has 0 bridgehead atoms. The van der Waals surface area contributed by atoms with Gasteiger partial charge in [0.2, 0.25) is 0 Å². The molecule has 2 heterocycles. The molecule has 1 saturated heterocycles. The van der Waals surface area contributed by atoms with Crippen LogP contribution in [-0.2, 0) is 9.16 Å². The minimum Gasteiger partial charge on any atom is -0.444 e. The van der Waals surface area contributed by atoms with Gasteiger partial charge in [-0.2, -0.15) is 0 Å². The number of ether oxygens (including phenoxy) is 1. The van der Waals surface area contributed by atoms with Crippen LogP contribution in [0.2, 0.25) is 19.6 Å². The lowest BCUT2D eigenvalue weighted by Gasteiger charge is -2.44. The first-order valence-electron chi connectivity index (χ1n) is 9.05. The summed E-state index contributed by atoms with van der Waals surface area (Å²) < 4.78 is 11.9. The molecule has 0 atom stereocenters. The van der Waals surface area contributed by atoms with Crippen LogP contribution in [0.25, 0.3) is 0 Å². The maximum atomic E-state index is 13.2. The van der Waals surface area contributed by atoms with Crippen LogP contribution >= 0.6 is 0 Å². The third-order valence-electron chi connectivity index (χ3n) is 4.08. The summed E-state index contributed by atoms with van der Waals surface area (Å²) in [7, 11) is -1.97. The van der Waals surface area contributed by atoms with Crippen LogP contribution in [0.5, 0.6) is 0 Å². The van der Waals surface area contributed by atoms with E-state index >= 15 is 0 Å². The number of aromatic nitrogens is 1. The molecule has 6 nitrogen and oxygen atoms in total. The molecule has 0 radical (unpaired) electrons. The lowest BCUT2D eigenvalue weighted by molar-refractivity contribution is -0.0127. The lowest BCUT2D eigenvalue weighted by atomic mass is 9.84. The molecule has 0 aromatic carbocycles. The highest BCUT2D eigenvalue weighted by molar-refractivity contribution is 6.70. The quantitative estimate of drug-likeness (QED) is 0.587. The molecule has 0 spiro atoms. The Labute approximate surface area is 157 Å². The molecule has 1 aliphatic heterocycles. The molecule has 1 amide bonds. The van der Waals surface area contributed by atoms with Crippen molar-refractivity contribution in [1.29, 1.82) is 0 Å². The zero-order chi connectivity index (χ0) is 19.6. The van der Waals surface area contributed by atoms with E-state index < -0.39 is 19.5 Å². The molecule has 0 unspecified atom stereocenters. The van der Waals surface area contributed by atoms with E-state index in [0.717, 1.165) is 0 Å². The Morgan fingerprint density at radius 1 is 1.12 bits per heavy atom. The minimum atomic E-state index is -1.97. The van der Waals surface area contributed by atoms with Gasteiger partial charge in [-0.25, -0.2) is 4.79 Å². The number of nitrogens with zero attached hydrogens (tertiary/aromatic N) is 2. The van der Waals surface area contributed by atoms with E-state index in [1.54, 1.807) is 29.4 Å². The molecule has 1 aliphatic rings. The van der Waals surface area contributed by atoms with Crippen LogP contribution in [0.4, 0.5) is 4.79 Å². The predicted molar refractivity (Wildman–Crippen MR) is 103 cm³/mol. The summed E-state index contributed by atoms with van der Waals surface area (Å²) in [5.74, 6) is -0.0221. The van der Waals surface area contributed by atoms with Crippen molar-refractivity contribution in [2.24, 2.45) is 0 Å². The zero-order valence-electron chi connectivity index (χ0n) is 16.7. The van der Waals surface area contributed by atoms with Gasteiger partial charge in [-0.15, -0.1) is 0 Å². The average Bonchev–Trinajstić information content (AvgIpc) is 2.52. The fourth-order valence-corrected chi connectivity index (χ4v) is 4.57. The summed E-state index contributed by atoms with van der Waals surface area (Å²) in [4.78, 5) is 31.2. The zero-order valence-corrected chi connectivity index (χ0v) is 17.7. The van der Waals surface area contributed by atoms with Crippen LogP contribution in [-0.4, -0.2) is 54.4 Å². The van der Waals surface area contributed by atoms with Crippen LogP contribution < -0.4 is 0 Å². The van der Waals surface area contributed by atoms with E-state index in [-0.39, 0.29) is 11.9 Å². The third kappa shape index (κ3) is 5.38. The van der Waals surface area contributed by atoms with Gasteiger partial charge in [0.1, 0.15) is 11.2 Å². The van der Waals surface area contributed by atoms with Gasteiger partial charge in [-0.3, -0.25) is 9.78 Å². The van der Waals surface area contributed by atoms with E-state index in [2.05, 4.69) is 24.6 Å². The predicted octanol–water partition coefficient (Wildman–Crippen LogP) is 3.89. The molecule has 0 aliphatic carbocycles. The number of carbonyl (C=O) groups excluding carboxylic acids is 2. The van der Waals surface area contributed by atoms with E-state index in [1.807, 2.05) is 20.8 Å². The van der Waals surface area contributed by atoms with E-state index in [1.165, 1.54) is 0 Å². The highest BCUT2D eigenvalue weighted by Crippen LogP contribution is 2.33. The Balaban J connectivity index is 2.19. The van der Waals surface area contributed by atoms with Crippen molar-refractivity contribution in [2.45, 2.75) is 64.5 Å². The highest BCUT2D eigenvalue weighted by atomic mass is 28.4. The molecule has 1 aromatic heterocycles. The van der Waals surface area contributed by atoms with Gasteiger partial charge in [0, 0.05) is 43.9 Å². The summed E-state index contributed by atoms with van der Waals surface area (Å²) >= 11 is 0. The summed E-state index contributed by atoms with van der Waals surface area (Å²) in [6.45, 7) is 12.7. The standard InChI is InChI=1S/C19H30N2O4Si/c1-18(2,3)24-17(23)21-13-9-19(10-14-21,25-26(4,5)6)16(22)15-7-11-20-12-8-15/h7-8,11-12H,9-10,13-14H2,1-6H3. The number of Topliss-reactive ketones (excluding diaryl/α,β-unsaturated/α-hetero) is 1. The Hall–Kier alpha value is -1.73. The van der Waals surface area contributed by atoms with Crippen LogP contribution in [0, 0.1) is 0 Å². The molecule has 2 rings (SSSR count). The van der Waals surface area contributed by atoms with Crippen molar-refractivity contribution in [2.75, 3.05) is 13.1 Å². The first-order chi connectivity index (χ1) is 11.9. The van der Waals surface area contributed by atoms with Gasteiger partial charge in [0.15, 0.2) is 14.1 Å². The Morgan fingerprint density at radius 2 is 1.65 bits per heavy atom. The fourth-order valence-electron chi connectivity index (χ4n) is 3.10. The first-order valence-corrected chi connectivity index (χ1v) is 12.5. The van der Waals surface area contributed by atoms with E-state index in [4.69, 9.17) is 9.16 Å². The topological polar surface area (TPSA) is 68.7 Å². The molecular weight excluding hydrogens is 348 g/mol. The van der Waals surface area contributed by atoms with Crippen LogP contribution in [0.15, 0.2) is 24.5 Å². The SMILES string of the molecule is CC(C)(C)OC(=O)N1CCC(O[Si](C)(C)C)(C(=O)c2ccncc2)CC1. The van der Waals surface area contributed by atoms with Crippen LogP contribution in [0.1, 0.15) is 44.0 Å². The number of likely N-dealkylation sites (tertiary alicyclic amines) is 1. The van der Waals surface area contributed by atoms with Gasteiger partial charge >= 0.3 is 6.09 Å². The Morgan fingerprint density at radius 3 is 2.12 bits per heavy atom. The summed E-state index contributed by atoms with van der Waals surface area (Å²) in [5.41, 5.74) is -0.818. The number of amides is 1. The average molecular weight is 379 g/mol. The van der Waals surface area contributed by atoms with Gasteiger partial charge in [0.25, 0.3) is 0 Å².